The van der Waals surface area contributed by atoms with Gasteiger partial charge < -0.3 is 4.57 Å². The first-order chi connectivity index (χ1) is 18.8. The van der Waals surface area contributed by atoms with Gasteiger partial charge in [-0.2, -0.15) is 5.21 Å². The Hall–Kier alpha value is -4.65. The van der Waals surface area contributed by atoms with Gasteiger partial charge in [-0.15, -0.1) is 10.2 Å². The van der Waals surface area contributed by atoms with E-state index in [0.717, 1.165) is 64.2 Å². The fraction of sp³-hybridized carbons (Fsp3) is 0.194. The molecule has 38 heavy (non-hydrogen) atoms. The third-order valence-electron chi connectivity index (χ3n) is 6.91. The predicted molar refractivity (Wildman–Crippen MR) is 150 cm³/mol. The van der Waals surface area contributed by atoms with E-state index in [4.69, 9.17) is 9.97 Å². The van der Waals surface area contributed by atoms with Crippen LogP contribution in [0.1, 0.15) is 37.6 Å². The van der Waals surface area contributed by atoms with Gasteiger partial charge in [0.05, 0.1) is 22.9 Å². The van der Waals surface area contributed by atoms with Crippen molar-refractivity contribution >= 4 is 11.0 Å². The zero-order valence-corrected chi connectivity index (χ0v) is 21.4. The van der Waals surface area contributed by atoms with Crippen LogP contribution in [0.15, 0.2) is 91.1 Å². The first-order valence-corrected chi connectivity index (χ1v) is 13.1. The van der Waals surface area contributed by atoms with Crippen LogP contribution in [0, 0.1) is 0 Å². The minimum atomic E-state index is 0.591. The second-order valence-electron chi connectivity index (χ2n) is 9.47. The molecule has 0 saturated heterocycles. The summed E-state index contributed by atoms with van der Waals surface area (Å²) in [7, 11) is 0. The number of aromatic amines is 1. The molecular formula is C31H29N7. The summed E-state index contributed by atoms with van der Waals surface area (Å²) in [5, 5.41) is 14.6. The van der Waals surface area contributed by atoms with E-state index in [-0.39, 0.29) is 0 Å². The fourth-order valence-electron chi connectivity index (χ4n) is 4.92. The zero-order chi connectivity index (χ0) is 25.7. The molecule has 0 radical (unpaired) electrons. The van der Waals surface area contributed by atoms with Gasteiger partial charge in [0.1, 0.15) is 5.82 Å². The number of tetrazole rings is 1. The molecule has 6 aromatic rings. The lowest BCUT2D eigenvalue weighted by Crippen LogP contribution is -2.05. The average molecular weight is 500 g/mol. The number of hydrogen-bond acceptors (Lipinski definition) is 5. The number of imidazole rings is 1. The van der Waals surface area contributed by atoms with Gasteiger partial charge in [0.25, 0.3) is 0 Å². The Morgan fingerprint density at radius 1 is 0.816 bits per heavy atom. The number of pyridine rings is 1. The highest BCUT2D eigenvalue weighted by Gasteiger charge is 2.14. The second kappa shape index (κ2) is 10.8. The monoisotopic (exact) mass is 499 g/mol. The van der Waals surface area contributed by atoms with Gasteiger partial charge in [-0.1, -0.05) is 98.6 Å². The highest BCUT2D eigenvalue weighted by molar-refractivity contribution is 5.81. The number of hydrogen-bond donors (Lipinski definition) is 1. The number of unbranched alkanes of at least 4 members (excludes halogenated alkanes) is 2. The number of benzene rings is 3. The van der Waals surface area contributed by atoms with E-state index in [9.17, 15) is 0 Å². The number of aromatic nitrogens is 7. The van der Waals surface area contributed by atoms with Crippen LogP contribution in [-0.4, -0.2) is 35.2 Å². The topological polar surface area (TPSA) is 85.2 Å². The molecule has 3 heterocycles. The lowest BCUT2D eigenvalue weighted by Gasteiger charge is -2.11. The number of fused-ring (bicyclic) bond motifs is 1. The Bertz CT molecular complexity index is 1640. The molecule has 3 aromatic heterocycles. The average Bonchev–Trinajstić information content (AvgIpc) is 3.63. The van der Waals surface area contributed by atoms with Gasteiger partial charge in [0.2, 0.25) is 5.82 Å². The van der Waals surface area contributed by atoms with Gasteiger partial charge >= 0.3 is 0 Å². The Labute approximate surface area is 221 Å². The van der Waals surface area contributed by atoms with Crippen molar-refractivity contribution in [2.75, 3.05) is 0 Å². The molecule has 0 aliphatic carbocycles. The van der Waals surface area contributed by atoms with Crippen LogP contribution in [0.5, 0.6) is 0 Å². The van der Waals surface area contributed by atoms with Crippen molar-refractivity contribution in [3.63, 3.8) is 0 Å². The summed E-state index contributed by atoms with van der Waals surface area (Å²) in [6, 6.07) is 29.2. The van der Waals surface area contributed by atoms with E-state index in [2.05, 4.69) is 80.6 Å². The smallest absolute Gasteiger partial charge is 0.205 e. The summed E-state index contributed by atoms with van der Waals surface area (Å²) in [4.78, 5) is 9.87. The molecule has 188 valence electrons. The number of aryl methyl sites for hydroxylation is 1. The van der Waals surface area contributed by atoms with Gasteiger partial charge in [-0.05, 0) is 34.4 Å². The Balaban J connectivity index is 1.32. The minimum absolute atomic E-state index is 0.591. The SMILES string of the molecule is CCCCCc1nc2cc(-c3ccccc3)ncc2n1Cc1ccc(-c2ccccc2-c2nn[nH]n2)cc1. The third kappa shape index (κ3) is 4.83. The maximum absolute atomic E-state index is 5.07. The largest absolute Gasteiger partial charge is 0.322 e. The van der Waals surface area contributed by atoms with E-state index >= 15 is 0 Å². The Morgan fingerprint density at radius 2 is 1.61 bits per heavy atom. The molecule has 0 atom stereocenters. The van der Waals surface area contributed by atoms with Gasteiger partial charge in [0.15, 0.2) is 0 Å². The van der Waals surface area contributed by atoms with Crippen LogP contribution in [-0.2, 0) is 13.0 Å². The molecular weight excluding hydrogens is 470 g/mol. The number of H-pyrrole nitrogens is 1. The maximum Gasteiger partial charge on any atom is 0.205 e. The lowest BCUT2D eigenvalue weighted by molar-refractivity contribution is 0.659. The maximum atomic E-state index is 5.07. The van der Waals surface area contributed by atoms with Crippen LogP contribution in [0.25, 0.3) is 44.8 Å². The van der Waals surface area contributed by atoms with Crippen molar-refractivity contribution in [2.45, 2.75) is 39.2 Å². The molecule has 0 fully saturated rings. The molecule has 0 saturated carbocycles. The Morgan fingerprint density at radius 3 is 2.37 bits per heavy atom. The van der Waals surface area contributed by atoms with Crippen molar-refractivity contribution in [3.8, 4) is 33.8 Å². The van der Waals surface area contributed by atoms with E-state index in [0.29, 0.717) is 5.82 Å². The van der Waals surface area contributed by atoms with Crippen LogP contribution in [0.4, 0.5) is 0 Å². The van der Waals surface area contributed by atoms with E-state index in [1.54, 1.807) is 0 Å². The molecule has 0 amide bonds. The first-order valence-electron chi connectivity index (χ1n) is 13.1. The molecule has 0 unspecified atom stereocenters. The summed E-state index contributed by atoms with van der Waals surface area (Å²) < 4.78 is 2.33. The second-order valence-corrected chi connectivity index (χ2v) is 9.47. The minimum Gasteiger partial charge on any atom is -0.322 e. The summed E-state index contributed by atoms with van der Waals surface area (Å²) in [6.07, 6.45) is 6.45. The molecule has 0 aliphatic heterocycles. The summed E-state index contributed by atoms with van der Waals surface area (Å²) in [5.41, 5.74) is 8.48. The normalized spacial score (nSPS) is 11.3. The van der Waals surface area contributed by atoms with Crippen molar-refractivity contribution in [3.05, 3.63) is 103 Å². The lowest BCUT2D eigenvalue weighted by atomic mass is 9.98. The van der Waals surface area contributed by atoms with Crippen LogP contribution >= 0.6 is 0 Å². The van der Waals surface area contributed by atoms with Crippen molar-refractivity contribution in [1.29, 1.82) is 0 Å². The van der Waals surface area contributed by atoms with Gasteiger partial charge in [-0.3, -0.25) is 4.98 Å². The highest BCUT2D eigenvalue weighted by Crippen LogP contribution is 2.30. The van der Waals surface area contributed by atoms with Crippen LogP contribution in [0.2, 0.25) is 0 Å². The van der Waals surface area contributed by atoms with E-state index in [1.807, 2.05) is 42.6 Å². The predicted octanol–water partition coefficient (Wildman–Crippen LogP) is 6.73. The summed E-state index contributed by atoms with van der Waals surface area (Å²) in [5.74, 6) is 1.71. The summed E-state index contributed by atoms with van der Waals surface area (Å²) in [6.45, 7) is 2.98. The Kier molecular flexibility index (Phi) is 6.72. The van der Waals surface area contributed by atoms with Crippen molar-refractivity contribution in [2.24, 2.45) is 0 Å². The molecule has 0 spiro atoms. The third-order valence-corrected chi connectivity index (χ3v) is 6.91. The van der Waals surface area contributed by atoms with Gasteiger partial charge in [-0.25, -0.2) is 4.98 Å². The molecule has 7 nitrogen and oxygen atoms in total. The van der Waals surface area contributed by atoms with Crippen LogP contribution in [0.3, 0.4) is 0 Å². The number of nitrogens with zero attached hydrogens (tertiary/aromatic N) is 6. The van der Waals surface area contributed by atoms with Gasteiger partial charge in [0, 0.05) is 24.1 Å². The number of rotatable bonds is 9. The molecule has 0 aliphatic rings. The quantitative estimate of drug-likeness (QED) is 0.223. The summed E-state index contributed by atoms with van der Waals surface area (Å²) >= 11 is 0. The molecule has 3 aromatic carbocycles. The number of nitrogens with one attached hydrogen (secondary N) is 1. The fourth-order valence-corrected chi connectivity index (χ4v) is 4.92. The van der Waals surface area contributed by atoms with E-state index in [1.165, 1.54) is 18.4 Å². The highest BCUT2D eigenvalue weighted by atomic mass is 15.5. The van der Waals surface area contributed by atoms with Crippen molar-refractivity contribution in [1.82, 2.24) is 35.2 Å². The first kappa shape index (κ1) is 23.7. The molecule has 7 heteroatoms. The van der Waals surface area contributed by atoms with Crippen LogP contribution < -0.4 is 0 Å². The van der Waals surface area contributed by atoms with Crippen molar-refractivity contribution < 1.29 is 0 Å². The molecule has 6 rings (SSSR count). The zero-order valence-electron chi connectivity index (χ0n) is 21.4. The van der Waals surface area contributed by atoms with E-state index < -0.39 is 0 Å². The molecule has 1 N–H and O–H groups in total. The molecule has 0 bridgehead atoms. The standard InChI is InChI=1S/C31H29N7/c1-2-3-5-14-30-33-28-19-27(24-10-6-4-7-11-24)32-20-29(28)38(30)21-22-15-17-23(18-16-22)25-12-8-9-13-26(25)31-34-36-37-35-31/h4,6-13,15-20H,2-3,5,14,21H2,1H3,(H,34,35,36,37).